The zero-order valence-corrected chi connectivity index (χ0v) is 10.1. The van der Waals surface area contributed by atoms with Crippen LogP contribution < -0.4 is 11.1 Å². The Morgan fingerprint density at radius 1 is 1.53 bits per heavy atom. The number of nitrogens with two attached hydrogens (primary N) is 1. The first kappa shape index (κ1) is 13.7. The average molecular weight is 236 g/mol. The second kappa shape index (κ2) is 7.04. The number of carbonyl (C=O) groups excluding carboxylic acids is 1. The molecule has 0 aliphatic heterocycles. The van der Waals surface area contributed by atoms with Crippen LogP contribution in [0.5, 0.6) is 0 Å². The summed E-state index contributed by atoms with van der Waals surface area (Å²) in [7, 11) is 0. The Labute approximate surface area is 102 Å². The van der Waals surface area contributed by atoms with E-state index in [9.17, 15) is 4.79 Å². The van der Waals surface area contributed by atoms with Crippen LogP contribution in [0.4, 0.5) is 5.69 Å². The van der Waals surface area contributed by atoms with Crippen molar-refractivity contribution in [2.45, 2.75) is 19.8 Å². The van der Waals surface area contributed by atoms with E-state index in [0.29, 0.717) is 6.54 Å². The minimum absolute atomic E-state index is 0.0631. The molecule has 1 aromatic carbocycles. The van der Waals surface area contributed by atoms with E-state index in [-0.39, 0.29) is 18.4 Å². The molecule has 0 spiro atoms. The summed E-state index contributed by atoms with van der Waals surface area (Å²) in [5, 5.41) is 11.6. The predicted molar refractivity (Wildman–Crippen MR) is 68.7 cm³/mol. The third kappa shape index (κ3) is 4.54. The van der Waals surface area contributed by atoms with E-state index < -0.39 is 0 Å². The van der Waals surface area contributed by atoms with E-state index in [0.717, 1.165) is 24.1 Å². The zero-order chi connectivity index (χ0) is 12.7. The van der Waals surface area contributed by atoms with Gasteiger partial charge < -0.3 is 16.2 Å². The van der Waals surface area contributed by atoms with Crippen molar-refractivity contribution in [3.05, 3.63) is 29.8 Å². The molecule has 17 heavy (non-hydrogen) atoms. The number of anilines is 1. The van der Waals surface area contributed by atoms with E-state index in [2.05, 4.69) is 5.32 Å². The molecule has 0 aliphatic rings. The predicted octanol–water partition coefficient (Wildman–Crippen LogP) is 1.14. The molecular formula is C13H20N2O2. The van der Waals surface area contributed by atoms with Crippen molar-refractivity contribution < 1.29 is 9.90 Å². The van der Waals surface area contributed by atoms with E-state index in [1.54, 1.807) is 6.92 Å². The molecule has 94 valence electrons. The molecule has 0 heterocycles. The number of amides is 1. The Morgan fingerprint density at radius 2 is 2.29 bits per heavy atom. The SMILES string of the molecule is CC(CN)C(=O)Nc1cccc(CCCO)c1. The molecule has 0 saturated heterocycles. The fourth-order valence-corrected chi connectivity index (χ4v) is 1.46. The van der Waals surface area contributed by atoms with Crippen molar-refractivity contribution in [2.75, 3.05) is 18.5 Å². The molecule has 4 nitrogen and oxygen atoms in total. The van der Waals surface area contributed by atoms with Gasteiger partial charge in [0.25, 0.3) is 0 Å². The van der Waals surface area contributed by atoms with Crippen molar-refractivity contribution in [3.63, 3.8) is 0 Å². The Hall–Kier alpha value is -1.39. The highest BCUT2D eigenvalue weighted by Gasteiger charge is 2.10. The number of rotatable bonds is 6. The molecule has 1 unspecified atom stereocenters. The van der Waals surface area contributed by atoms with E-state index >= 15 is 0 Å². The summed E-state index contributed by atoms with van der Waals surface area (Å²) in [6.45, 7) is 2.32. The molecule has 4 heteroatoms. The van der Waals surface area contributed by atoms with E-state index in [1.807, 2.05) is 24.3 Å². The molecule has 1 rings (SSSR count). The standard InChI is InChI=1S/C13H20N2O2/c1-10(9-14)13(17)15-12-6-2-4-11(8-12)5-3-7-16/h2,4,6,8,10,16H,3,5,7,9,14H2,1H3,(H,15,17). The maximum Gasteiger partial charge on any atom is 0.228 e. The first-order valence-electron chi connectivity index (χ1n) is 5.88. The van der Waals surface area contributed by atoms with Gasteiger partial charge in [-0.05, 0) is 30.5 Å². The Bertz CT molecular complexity index is 366. The van der Waals surface area contributed by atoms with Gasteiger partial charge in [-0.15, -0.1) is 0 Å². The number of aryl methyl sites for hydroxylation is 1. The van der Waals surface area contributed by atoms with Crippen molar-refractivity contribution in [3.8, 4) is 0 Å². The third-order valence-electron chi connectivity index (χ3n) is 2.62. The molecule has 4 N–H and O–H groups in total. The maximum absolute atomic E-state index is 11.6. The quantitative estimate of drug-likeness (QED) is 0.693. The van der Waals surface area contributed by atoms with Crippen LogP contribution in [0.1, 0.15) is 18.9 Å². The number of benzene rings is 1. The number of carbonyl (C=O) groups is 1. The van der Waals surface area contributed by atoms with Gasteiger partial charge in [-0.1, -0.05) is 19.1 Å². The van der Waals surface area contributed by atoms with Gasteiger partial charge in [0.15, 0.2) is 0 Å². The number of nitrogens with one attached hydrogen (secondary N) is 1. The summed E-state index contributed by atoms with van der Waals surface area (Å²) in [4.78, 5) is 11.6. The van der Waals surface area contributed by atoms with Crippen LogP contribution in [0, 0.1) is 5.92 Å². The molecule has 0 fully saturated rings. The third-order valence-corrected chi connectivity index (χ3v) is 2.62. The summed E-state index contributed by atoms with van der Waals surface area (Å²) >= 11 is 0. The van der Waals surface area contributed by atoms with Crippen LogP contribution >= 0.6 is 0 Å². The molecule has 1 amide bonds. The lowest BCUT2D eigenvalue weighted by Crippen LogP contribution is -2.26. The fraction of sp³-hybridized carbons (Fsp3) is 0.462. The number of aliphatic hydroxyl groups excluding tert-OH is 1. The monoisotopic (exact) mass is 236 g/mol. The summed E-state index contributed by atoms with van der Waals surface area (Å²) in [6, 6.07) is 7.66. The number of hydrogen-bond acceptors (Lipinski definition) is 3. The topological polar surface area (TPSA) is 75.4 Å². The highest BCUT2D eigenvalue weighted by molar-refractivity contribution is 5.92. The first-order valence-corrected chi connectivity index (χ1v) is 5.88. The molecule has 0 aromatic heterocycles. The van der Waals surface area contributed by atoms with Gasteiger partial charge in [0.05, 0.1) is 0 Å². The van der Waals surface area contributed by atoms with Crippen molar-refractivity contribution >= 4 is 11.6 Å². The summed E-state index contributed by atoms with van der Waals surface area (Å²) < 4.78 is 0. The van der Waals surface area contributed by atoms with Gasteiger partial charge in [-0.2, -0.15) is 0 Å². The van der Waals surface area contributed by atoms with Gasteiger partial charge >= 0.3 is 0 Å². The Morgan fingerprint density at radius 3 is 2.94 bits per heavy atom. The van der Waals surface area contributed by atoms with Crippen LogP contribution in [0.3, 0.4) is 0 Å². The molecule has 1 aromatic rings. The van der Waals surface area contributed by atoms with Gasteiger partial charge in [-0.25, -0.2) is 0 Å². The second-order valence-corrected chi connectivity index (χ2v) is 4.15. The maximum atomic E-state index is 11.6. The Balaban J connectivity index is 2.62. The molecule has 0 radical (unpaired) electrons. The van der Waals surface area contributed by atoms with Crippen LogP contribution in [0.25, 0.3) is 0 Å². The highest BCUT2D eigenvalue weighted by Crippen LogP contribution is 2.13. The summed E-state index contributed by atoms with van der Waals surface area (Å²) in [5.74, 6) is -0.247. The molecule has 0 saturated carbocycles. The lowest BCUT2D eigenvalue weighted by atomic mass is 10.1. The van der Waals surface area contributed by atoms with Gasteiger partial charge in [0, 0.05) is 24.8 Å². The first-order chi connectivity index (χ1) is 8.17. The van der Waals surface area contributed by atoms with Crippen LogP contribution in [-0.2, 0) is 11.2 Å². The lowest BCUT2D eigenvalue weighted by molar-refractivity contribution is -0.119. The van der Waals surface area contributed by atoms with Crippen molar-refractivity contribution in [1.82, 2.24) is 0 Å². The Kier molecular flexibility index (Phi) is 5.66. The molecular weight excluding hydrogens is 216 g/mol. The molecule has 1 atom stereocenters. The number of aliphatic hydroxyl groups is 1. The summed E-state index contributed by atoms with van der Waals surface area (Å²) in [5.41, 5.74) is 7.33. The minimum Gasteiger partial charge on any atom is -0.396 e. The van der Waals surface area contributed by atoms with Crippen LogP contribution in [0.15, 0.2) is 24.3 Å². The largest absolute Gasteiger partial charge is 0.396 e. The van der Waals surface area contributed by atoms with E-state index in [1.165, 1.54) is 0 Å². The van der Waals surface area contributed by atoms with E-state index in [4.69, 9.17) is 10.8 Å². The minimum atomic E-state index is -0.184. The second-order valence-electron chi connectivity index (χ2n) is 4.15. The lowest BCUT2D eigenvalue weighted by Gasteiger charge is -2.10. The van der Waals surface area contributed by atoms with Gasteiger partial charge in [0.2, 0.25) is 5.91 Å². The summed E-state index contributed by atoms with van der Waals surface area (Å²) in [6.07, 6.45) is 1.54. The van der Waals surface area contributed by atoms with Crippen LogP contribution in [0.2, 0.25) is 0 Å². The molecule has 0 bridgehead atoms. The molecule has 0 aliphatic carbocycles. The highest BCUT2D eigenvalue weighted by atomic mass is 16.2. The number of hydrogen-bond donors (Lipinski definition) is 3. The average Bonchev–Trinajstić information content (AvgIpc) is 2.35. The fourth-order valence-electron chi connectivity index (χ4n) is 1.46. The van der Waals surface area contributed by atoms with Gasteiger partial charge in [-0.3, -0.25) is 4.79 Å². The normalized spacial score (nSPS) is 12.2. The van der Waals surface area contributed by atoms with Crippen LogP contribution in [-0.4, -0.2) is 24.2 Å². The smallest absolute Gasteiger partial charge is 0.228 e. The zero-order valence-electron chi connectivity index (χ0n) is 10.1. The van der Waals surface area contributed by atoms with Gasteiger partial charge in [0.1, 0.15) is 0 Å². The van der Waals surface area contributed by atoms with Crippen molar-refractivity contribution in [1.29, 1.82) is 0 Å². The van der Waals surface area contributed by atoms with Crippen molar-refractivity contribution in [2.24, 2.45) is 11.7 Å².